The van der Waals surface area contributed by atoms with E-state index in [1.807, 2.05) is 0 Å². The van der Waals surface area contributed by atoms with Crippen molar-refractivity contribution in [2.45, 2.75) is 25.7 Å². The van der Waals surface area contributed by atoms with Crippen LogP contribution in [0, 0.1) is 6.92 Å². The van der Waals surface area contributed by atoms with Gasteiger partial charge in [0.05, 0.1) is 0 Å². The highest BCUT2D eigenvalue weighted by atomic mass is 32.2. The van der Waals surface area contributed by atoms with Gasteiger partial charge < -0.3 is 0 Å². The van der Waals surface area contributed by atoms with Crippen LogP contribution in [0.15, 0.2) is 0 Å². The first kappa shape index (κ1) is 11.2. The molecule has 4 nitrogen and oxygen atoms in total. The number of nitrogens with zero attached hydrogens (tertiary/aromatic N) is 1. The molecule has 0 bridgehead atoms. The summed E-state index contributed by atoms with van der Waals surface area (Å²) in [5.74, 6) is -0.672. The molecule has 1 radical (unpaired) electrons. The topological polar surface area (TPSA) is 54.5 Å². The first-order valence-electron chi connectivity index (χ1n) is 4.53. The van der Waals surface area contributed by atoms with E-state index in [0.717, 1.165) is 30.6 Å². The van der Waals surface area contributed by atoms with Gasteiger partial charge in [-0.2, -0.15) is 0 Å². The summed E-state index contributed by atoms with van der Waals surface area (Å²) in [5, 5.41) is -1.10. The van der Waals surface area contributed by atoms with Crippen LogP contribution in [0.4, 0.5) is 4.79 Å². The number of unbranched alkanes of at least 4 members (excludes halogenated alkanes) is 3. The van der Waals surface area contributed by atoms with Crippen molar-refractivity contribution in [3.8, 4) is 0 Å². The smallest absolute Gasteiger partial charge is 0.275 e. The Kier molecular flexibility index (Phi) is 4.13. The number of hydrogen-bond donors (Lipinski definition) is 0. The van der Waals surface area contributed by atoms with Crippen LogP contribution in [0.3, 0.4) is 0 Å². The van der Waals surface area contributed by atoms with Gasteiger partial charge in [0.15, 0.2) is 0 Å². The molecule has 1 aliphatic heterocycles. The molecule has 0 unspecified atom stereocenters. The van der Waals surface area contributed by atoms with Gasteiger partial charge in [-0.1, -0.05) is 26.2 Å². The summed E-state index contributed by atoms with van der Waals surface area (Å²) in [5.41, 5.74) is 0. The normalized spacial score (nSPS) is 16.9. The summed E-state index contributed by atoms with van der Waals surface area (Å²) in [6.07, 6.45) is 3.52. The maximum absolute atomic E-state index is 11.1. The SMILES string of the molecule is [CH2]CCCCCN1C(=O)SC(=O)C1=O. The molecule has 1 heterocycles. The molecule has 0 aromatic carbocycles. The molecule has 0 N–H and O–H groups in total. The average molecular weight is 214 g/mol. The van der Waals surface area contributed by atoms with Crippen LogP contribution in [0.2, 0.25) is 0 Å². The summed E-state index contributed by atoms with van der Waals surface area (Å²) in [7, 11) is 0. The quantitative estimate of drug-likeness (QED) is 0.515. The van der Waals surface area contributed by atoms with E-state index >= 15 is 0 Å². The molecule has 5 heteroatoms. The highest BCUT2D eigenvalue weighted by Gasteiger charge is 2.37. The fraction of sp³-hybridized carbons (Fsp3) is 0.556. The summed E-state index contributed by atoms with van der Waals surface area (Å²) >= 11 is 0.487. The molecule has 2 amide bonds. The minimum absolute atomic E-state index is 0.358. The van der Waals surface area contributed by atoms with E-state index in [1.54, 1.807) is 0 Å². The molecule has 77 valence electrons. The van der Waals surface area contributed by atoms with Crippen molar-refractivity contribution in [1.29, 1.82) is 0 Å². The fourth-order valence-electron chi connectivity index (χ4n) is 1.19. The van der Waals surface area contributed by atoms with E-state index in [2.05, 4.69) is 6.92 Å². The Balaban J connectivity index is 2.33. The lowest BCUT2D eigenvalue weighted by atomic mass is 10.2. The van der Waals surface area contributed by atoms with E-state index in [-0.39, 0.29) is 0 Å². The van der Waals surface area contributed by atoms with Crippen molar-refractivity contribution < 1.29 is 14.4 Å². The Hall–Kier alpha value is -0.840. The van der Waals surface area contributed by atoms with Gasteiger partial charge >= 0.3 is 5.91 Å². The summed E-state index contributed by atoms with van der Waals surface area (Å²) in [6.45, 7) is 4.05. The highest BCUT2D eigenvalue weighted by Crippen LogP contribution is 2.20. The first-order valence-corrected chi connectivity index (χ1v) is 5.35. The number of thioether (sulfide) groups is 1. The minimum Gasteiger partial charge on any atom is -0.275 e. The number of hydrogen-bond acceptors (Lipinski definition) is 4. The third-order valence-electron chi connectivity index (χ3n) is 1.95. The highest BCUT2D eigenvalue weighted by molar-refractivity contribution is 8.28. The number of rotatable bonds is 5. The molecule has 0 spiro atoms. The van der Waals surface area contributed by atoms with E-state index < -0.39 is 16.3 Å². The van der Waals surface area contributed by atoms with E-state index in [9.17, 15) is 14.4 Å². The van der Waals surface area contributed by atoms with Crippen molar-refractivity contribution in [1.82, 2.24) is 4.90 Å². The molecule has 0 aliphatic carbocycles. The number of imide groups is 1. The number of carbonyl (C=O) groups excluding carboxylic acids is 3. The van der Waals surface area contributed by atoms with Gasteiger partial charge in [0.1, 0.15) is 0 Å². The zero-order chi connectivity index (χ0) is 10.6. The van der Waals surface area contributed by atoms with Crippen LogP contribution < -0.4 is 0 Å². The van der Waals surface area contributed by atoms with Crippen LogP contribution >= 0.6 is 11.8 Å². The molecule has 0 aromatic rings. The Labute approximate surface area is 87.0 Å². The Bertz CT molecular complexity index is 265. The molecular formula is C9H12NO3S. The zero-order valence-electron chi connectivity index (χ0n) is 7.82. The van der Waals surface area contributed by atoms with Crippen molar-refractivity contribution in [3.63, 3.8) is 0 Å². The average Bonchev–Trinajstić information content (AvgIpc) is 2.38. The van der Waals surface area contributed by atoms with Crippen molar-refractivity contribution >= 4 is 28.0 Å². The third-order valence-corrected chi connectivity index (χ3v) is 2.71. The molecule has 0 atom stereocenters. The molecule has 1 rings (SSSR count). The molecule has 1 aliphatic rings. The van der Waals surface area contributed by atoms with Gasteiger partial charge in [-0.3, -0.25) is 19.3 Å². The van der Waals surface area contributed by atoms with Gasteiger partial charge in [0.2, 0.25) is 0 Å². The minimum atomic E-state index is -0.672. The predicted octanol–water partition coefficient (Wildman–Crippen LogP) is 1.60. The maximum Gasteiger partial charge on any atom is 0.309 e. The summed E-state index contributed by atoms with van der Waals surface area (Å²) in [6, 6.07) is 0. The molecule has 1 fully saturated rings. The van der Waals surface area contributed by atoms with Crippen LogP contribution in [0.1, 0.15) is 25.7 Å². The molecule has 1 saturated heterocycles. The van der Waals surface area contributed by atoms with Crippen molar-refractivity contribution in [2.75, 3.05) is 6.54 Å². The molecule has 0 saturated carbocycles. The van der Waals surface area contributed by atoms with E-state index in [4.69, 9.17) is 0 Å². The lowest BCUT2D eigenvalue weighted by molar-refractivity contribution is -0.137. The molecule has 0 aromatic heterocycles. The van der Waals surface area contributed by atoms with Crippen LogP contribution in [-0.4, -0.2) is 27.7 Å². The molecular weight excluding hydrogens is 202 g/mol. The predicted molar refractivity (Wildman–Crippen MR) is 53.5 cm³/mol. The van der Waals surface area contributed by atoms with Crippen LogP contribution in [-0.2, 0) is 9.59 Å². The van der Waals surface area contributed by atoms with Gasteiger partial charge in [-0.05, 0) is 6.42 Å². The number of carbonyl (C=O) groups is 3. The van der Waals surface area contributed by atoms with Gasteiger partial charge in [-0.25, -0.2) is 0 Å². The second kappa shape index (κ2) is 5.14. The first-order chi connectivity index (χ1) is 6.66. The second-order valence-corrected chi connectivity index (χ2v) is 3.95. The van der Waals surface area contributed by atoms with Gasteiger partial charge in [0.25, 0.3) is 10.4 Å². The molecule has 14 heavy (non-hydrogen) atoms. The largest absolute Gasteiger partial charge is 0.309 e. The monoisotopic (exact) mass is 214 g/mol. The maximum atomic E-state index is 11.1. The Morgan fingerprint density at radius 1 is 1.14 bits per heavy atom. The lowest BCUT2D eigenvalue weighted by Crippen LogP contribution is -2.30. The summed E-state index contributed by atoms with van der Waals surface area (Å²) < 4.78 is 0. The van der Waals surface area contributed by atoms with Crippen LogP contribution in [0.5, 0.6) is 0 Å². The van der Waals surface area contributed by atoms with E-state index in [0.29, 0.717) is 18.3 Å². The van der Waals surface area contributed by atoms with Crippen LogP contribution in [0.25, 0.3) is 0 Å². The lowest BCUT2D eigenvalue weighted by Gasteiger charge is -2.10. The second-order valence-electron chi connectivity index (χ2n) is 3.03. The van der Waals surface area contributed by atoms with E-state index in [1.165, 1.54) is 0 Å². The fourth-order valence-corrected chi connectivity index (χ4v) is 1.83. The zero-order valence-corrected chi connectivity index (χ0v) is 8.64. The Morgan fingerprint density at radius 2 is 1.86 bits per heavy atom. The Morgan fingerprint density at radius 3 is 2.36 bits per heavy atom. The van der Waals surface area contributed by atoms with Crippen molar-refractivity contribution in [3.05, 3.63) is 6.92 Å². The number of amides is 2. The third kappa shape index (κ3) is 2.57. The standard InChI is InChI=1S/C9H12NO3S/c1-2-3-4-5-6-10-7(11)8(12)14-9(10)13/h1-6H2. The van der Waals surface area contributed by atoms with Gasteiger partial charge in [-0.15, -0.1) is 0 Å². The van der Waals surface area contributed by atoms with Gasteiger partial charge in [0, 0.05) is 18.3 Å². The summed E-state index contributed by atoms with van der Waals surface area (Å²) in [4.78, 5) is 34.0. The van der Waals surface area contributed by atoms with Crippen molar-refractivity contribution in [2.24, 2.45) is 0 Å².